The van der Waals surface area contributed by atoms with Crippen LogP contribution in [-0.2, 0) is 24.3 Å². The summed E-state index contributed by atoms with van der Waals surface area (Å²) in [5, 5.41) is 2.87. The number of nitrogens with zero attached hydrogens (tertiary/aromatic N) is 1. The SMILES string of the molecule is CCOC(=O)/C=C/c1ccc(NC(=O)C2CCCN(S(=O)(=O)c3ccc(C)s3)C2)cc1. The highest BCUT2D eigenvalue weighted by Gasteiger charge is 2.34. The fourth-order valence-corrected chi connectivity index (χ4v) is 6.29. The van der Waals surface area contributed by atoms with Gasteiger partial charge in [-0.1, -0.05) is 12.1 Å². The lowest BCUT2D eigenvalue weighted by Gasteiger charge is -2.30. The number of rotatable bonds is 7. The van der Waals surface area contributed by atoms with Crippen molar-refractivity contribution in [3.8, 4) is 0 Å². The first-order valence-electron chi connectivity index (χ1n) is 10.1. The minimum atomic E-state index is -3.58. The van der Waals surface area contributed by atoms with Gasteiger partial charge in [0, 0.05) is 29.7 Å². The van der Waals surface area contributed by atoms with Gasteiger partial charge in [0.2, 0.25) is 5.91 Å². The van der Waals surface area contributed by atoms with E-state index in [2.05, 4.69) is 5.32 Å². The Morgan fingerprint density at radius 1 is 1.23 bits per heavy atom. The molecule has 1 aromatic carbocycles. The van der Waals surface area contributed by atoms with Gasteiger partial charge in [0.15, 0.2) is 0 Å². The Labute approximate surface area is 186 Å². The number of thiophene rings is 1. The molecule has 1 atom stereocenters. The van der Waals surface area contributed by atoms with Crippen LogP contribution in [0, 0.1) is 12.8 Å². The molecule has 166 valence electrons. The average Bonchev–Trinajstić information content (AvgIpc) is 3.21. The summed E-state index contributed by atoms with van der Waals surface area (Å²) in [5.74, 6) is -1.01. The maximum Gasteiger partial charge on any atom is 0.330 e. The number of amides is 1. The fourth-order valence-electron chi connectivity index (χ4n) is 3.33. The Morgan fingerprint density at radius 3 is 2.61 bits per heavy atom. The zero-order valence-corrected chi connectivity index (χ0v) is 19.2. The summed E-state index contributed by atoms with van der Waals surface area (Å²) >= 11 is 1.25. The standard InChI is InChI=1S/C22H26N2O5S2/c1-3-29-20(25)12-9-17-7-10-19(11-8-17)23-22(26)18-5-4-14-24(15-18)31(27,28)21-13-6-16(2)30-21/h6-13,18H,3-5,14-15H2,1-2H3,(H,23,26)/b12-9+. The van der Waals surface area contributed by atoms with Crippen molar-refractivity contribution < 1.29 is 22.7 Å². The molecule has 1 unspecified atom stereocenters. The molecule has 9 heteroatoms. The van der Waals surface area contributed by atoms with Crippen molar-refractivity contribution >= 4 is 45.0 Å². The number of sulfonamides is 1. The molecule has 0 saturated carbocycles. The third kappa shape index (κ3) is 6.03. The minimum Gasteiger partial charge on any atom is -0.463 e. The molecule has 1 aromatic heterocycles. The second-order valence-electron chi connectivity index (χ2n) is 7.26. The van der Waals surface area contributed by atoms with Crippen LogP contribution < -0.4 is 5.32 Å². The number of carbonyl (C=O) groups is 2. The Kier molecular flexibility index (Phi) is 7.64. The van der Waals surface area contributed by atoms with Crippen molar-refractivity contribution in [3.05, 3.63) is 52.9 Å². The first kappa shape index (κ1) is 23.2. The largest absolute Gasteiger partial charge is 0.463 e. The summed E-state index contributed by atoms with van der Waals surface area (Å²) in [5.41, 5.74) is 1.42. The molecular formula is C22H26N2O5S2. The number of aryl methyl sites for hydroxylation is 1. The van der Waals surface area contributed by atoms with E-state index < -0.39 is 21.9 Å². The van der Waals surface area contributed by atoms with Crippen LogP contribution in [0.5, 0.6) is 0 Å². The summed E-state index contributed by atoms with van der Waals surface area (Å²) in [7, 11) is -3.58. The molecule has 7 nitrogen and oxygen atoms in total. The molecule has 1 saturated heterocycles. The normalized spacial score (nSPS) is 17.5. The number of anilines is 1. The van der Waals surface area contributed by atoms with Crippen molar-refractivity contribution in [1.82, 2.24) is 4.31 Å². The summed E-state index contributed by atoms with van der Waals surface area (Å²) in [6.45, 7) is 4.53. The smallest absolute Gasteiger partial charge is 0.330 e. The molecule has 1 aliphatic rings. The van der Waals surface area contributed by atoms with Crippen LogP contribution >= 0.6 is 11.3 Å². The highest BCUT2D eigenvalue weighted by molar-refractivity contribution is 7.91. The van der Waals surface area contributed by atoms with Crippen LogP contribution in [0.4, 0.5) is 5.69 Å². The highest BCUT2D eigenvalue weighted by atomic mass is 32.2. The average molecular weight is 463 g/mol. The molecule has 0 aliphatic carbocycles. The number of esters is 1. The number of benzene rings is 1. The number of piperidine rings is 1. The van der Waals surface area contributed by atoms with Crippen molar-refractivity contribution in [2.75, 3.05) is 25.0 Å². The van der Waals surface area contributed by atoms with Crippen LogP contribution in [0.25, 0.3) is 6.08 Å². The predicted molar refractivity (Wildman–Crippen MR) is 121 cm³/mol. The third-order valence-corrected chi connectivity index (χ3v) is 8.27. The van der Waals surface area contributed by atoms with Gasteiger partial charge in [-0.3, -0.25) is 4.79 Å². The Bertz CT molecular complexity index is 1060. The van der Waals surface area contributed by atoms with Crippen molar-refractivity contribution in [1.29, 1.82) is 0 Å². The van der Waals surface area contributed by atoms with E-state index >= 15 is 0 Å². The van der Waals surface area contributed by atoms with Crippen LogP contribution in [0.15, 0.2) is 46.7 Å². The van der Waals surface area contributed by atoms with Gasteiger partial charge in [-0.25, -0.2) is 13.2 Å². The van der Waals surface area contributed by atoms with Crippen LogP contribution in [0.1, 0.15) is 30.2 Å². The Morgan fingerprint density at radius 2 is 1.97 bits per heavy atom. The first-order chi connectivity index (χ1) is 14.8. The van der Waals surface area contributed by atoms with E-state index in [1.807, 2.05) is 6.92 Å². The van der Waals surface area contributed by atoms with E-state index in [0.29, 0.717) is 35.9 Å². The molecule has 3 rings (SSSR count). The summed E-state index contributed by atoms with van der Waals surface area (Å²) in [4.78, 5) is 25.1. The van der Waals surface area contributed by atoms with Gasteiger partial charge in [0.25, 0.3) is 10.0 Å². The topological polar surface area (TPSA) is 92.8 Å². The number of ether oxygens (including phenoxy) is 1. The second-order valence-corrected chi connectivity index (χ2v) is 10.7. The lowest BCUT2D eigenvalue weighted by atomic mass is 9.98. The van der Waals surface area contributed by atoms with Crippen molar-refractivity contribution in [2.45, 2.75) is 30.9 Å². The Balaban J connectivity index is 1.61. The van der Waals surface area contributed by atoms with E-state index in [-0.39, 0.29) is 12.5 Å². The minimum absolute atomic E-state index is 0.172. The van der Waals surface area contributed by atoms with E-state index in [9.17, 15) is 18.0 Å². The van der Waals surface area contributed by atoms with E-state index in [1.165, 1.54) is 21.7 Å². The molecule has 1 aliphatic heterocycles. The van der Waals surface area contributed by atoms with E-state index in [4.69, 9.17) is 4.74 Å². The second kappa shape index (κ2) is 10.2. The molecule has 31 heavy (non-hydrogen) atoms. The molecule has 2 aromatic rings. The van der Waals surface area contributed by atoms with Gasteiger partial charge in [-0.05, 0) is 62.6 Å². The lowest BCUT2D eigenvalue weighted by molar-refractivity contribution is -0.137. The zero-order chi connectivity index (χ0) is 22.4. The molecular weight excluding hydrogens is 436 g/mol. The van der Waals surface area contributed by atoms with Gasteiger partial charge >= 0.3 is 5.97 Å². The number of hydrogen-bond acceptors (Lipinski definition) is 6. The molecule has 2 heterocycles. The predicted octanol–water partition coefficient (Wildman–Crippen LogP) is 3.67. The van der Waals surface area contributed by atoms with Crippen LogP contribution in [0.3, 0.4) is 0 Å². The summed E-state index contributed by atoms with van der Waals surface area (Å²) in [6, 6.07) is 10.5. The Hall–Kier alpha value is -2.49. The lowest BCUT2D eigenvalue weighted by Crippen LogP contribution is -2.43. The van der Waals surface area contributed by atoms with Gasteiger partial charge in [-0.2, -0.15) is 4.31 Å². The maximum atomic E-state index is 12.9. The summed E-state index contributed by atoms with van der Waals surface area (Å²) < 4.78 is 32.3. The molecule has 0 bridgehead atoms. The van der Waals surface area contributed by atoms with Gasteiger partial charge in [-0.15, -0.1) is 11.3 Å². The van der Waals surface area contributed by atoms with Crippen molar-refractivity contribution in [2.24, 2.45) is 5.92 Å². The van der Waals surface area contributed by atoms with E-state index in [1.54, 1.807) is 49.4 Å². The third-order valence-electron chi connectivity index (χ3n) is 4.94. The van der Waals surface area contributed by atoms with Gasteiger partial charge in [0.1, 0.15) is 4.21 Å². The monoisotopic (exact) mass is 462 g/mol. The fraction of sp³-hybridized carbons (Fsp3) is 0.364. The number of nitrogens with one attached hydrogen (secondary N) is 1. The summed E-state index contributed by atoms with van der Waals surface area (Å²) in [6.07, 6.45) is 4.27. The molecule has 1 N–H and O–H groups in total. The molecule has 0 radical (unpaired) electrons. The first-order valence-corrected chi connectivity index (χ1v) is 12.4. The zero-order valence-electron chi connectivity index (χ0n) is 17.5. The molecule has 1 amide bonds. The highest BCUT2D eigenvalue weighted by Crippen LogP contribution is 2.28. The maximum absolute atomic E-state index is 12.9. The quantitative estimate of drug-likeness (QED) is 0.501. The van der Waals surface area contributed by atoms with Crippen LogP contribution in [-0.4, -0.2) is 44.3 Å². The van der Waals surface area contributed by atoms with Crippen molar-refractivity contribution in [3.63, 3.8) is 0 Å². The number of hydrogen-bond donors (Lipinski definition) is 1. The van der Waals surface area contributed by atoms with E-state index in [0.717, 1.165) is 10.4 Å². The van der Waals surface area contributed by atoms with Gasteiger partial charge in [0.05, 0.1) is 12.5 Å². The number of carbonyl (C=O) groups excluding carboxylic acids is 2. The molecule has 1 fully saturated rings. The van der Waals surface area contributed by atoms with Gasteiger partial charge < -0.3 is 10.1 Å². The van der Waals surface area contributed by atoms with Crippen LogP contribution in [0.2, 0.25) is 0 Å². The molecule has 0 spiro atoms.